The molecule has 2 unspecified atom stereocenters. The highest BCUT2D eigenvalue weighted by atomic mass is 79.9. The number of benzene rings is 1. The Hall–Kier alpha value is -0.980. The summed E-state index contributed by atoms with van der Waals surface area (Å²) in [4.78, 5) is 9.99. The van der Waals surface area contributed by atoms with E-state index in [2.05, 4.69) is 15.9 Å². The Balaban J connectivity index is 2.86. The zero-order valence-corrected chi connectivity index (χ0v) is 10.0. The first-order valence-electron chi connectivity index (χ1n) is 4.72. The summed E-state index contributed by atoms with van der Waals surface area (Å²) < 4.78 is 0. The van der Waals surface area contributed by atoms with Gasteiger partial charge in [-0.2, -0.15) is 0 Å². The molecule has 0 saturated carbocycles. The molecule has 16 heavy (non-hydrogen) atoms. The van der Waals surface area contributed by atoms with Gasteiger partial charge in [0.25, 0.3) is 5.69 Å². The zero-order chi connectivity index (χ0) is 12.1. The van der Waals surface area contributed by atoms with Crippen LogP contribution in [0.2, 0.25) is 0 Å². The lowest BCUT2D eigenvalue weighted by Gasteiger charge is -2.16. The summed E-state index contributed by atoms with van der Waals surface area (Å²) in [7, 11) is 0. The number of aliphatic hydroxyl groups excluding tert-OH is 2. The number of hydrogen-bond donors (Lipinski definition) is 2. The van der Waals surface area contributed by atoms with Crippen LogP contribution >= 0.6 is 15.9 Å². The smallest absolute Gasteiger partial charge is 0.269 e. The maximum atomic E-state index is 10.5. The minimum atomic E-state index is -1.10. The van der Waals surface area contributed by atoms with E-state index in [1.54, 1.807) is 6.07 Å². The zero-order valence-electron chi connectivity index (χ0n) is 8.41. The van der Waals surface area contributed by atoms with Crippen LogP contribution in [0.4, 0.5) is 5.69 Å². The van der Waals surface area contributed by atoms with Crippen molar-refractivity contribution in [1.29, 1.82) is 0 Å². The highest BCUT2D eigenvalue weighted by Crippen LogP contribution is 2.23. The number of non-ortho nitro benzene ring substituents is 1. The Morgan fingerprint density at radius 1 is 1.44 bits per heavy atom. The summed E-state index contributed by atoms with van der Waals surface area (Å²) in [6.07, 6.45) is -1.65. The van der Waals surface area contributed by atoms with Gasteiger partial charge in [0.1, 0.15) is 6.10 Å². The van der Waals surface area contributed by atoms with E-state index < -0.39 is 17.1 Å². The van der Waals surface area contributed by atoms with Crippen molar-refractivity contribution in [1.82, 2.24) is 0 Å². The second-order valence-corrected chi connectivity index (χ2v) is 4.13. The molecule has 5 nitrogen and oxygen atoms in total. The third-order valence-electron chi connectivity index (χ3n) is 2.19. The van der Waals surface area contributed by atoms with Gasteiger partial charge in [-0.1, -0.05) is 28.1 Å². The van der Waals surface area contributed by atoms with Crippen LogP contribution in [-0.2, 0) is 0 Å². The Labute approximate surface area is 101 Å². The first-order chi connectivity index (χ1) is 7.56. The van der Waals surface area contributed by atoms with Crippen molar-refractivity contribution in [3.8, 4) is 0 Å². The lowest BCUT2D eigenvalue weighted by molar-refractivity contribution is -0.385. The molecule has 0 aliphatic rings. The Bertz CT molecular complexity index is 372. The fourth-order valence-electron chi connectivity index (χ4n) is 1.31. The quantitative estimate of drug-likeness (QED) is 0.492. The molecule has 1 aromatic rings. The lowest BCUT2D eigenvalue weighted by atomic mass is 10.0. The van der Waals surface area contributed by atoms with E-state index in [1.807, 2.05) is 0 Å². The number of nitro benzene ring substituents is 1. The molecule has 1 rings (SSSR count). The second-order valence-electron chi connectivity index (χ2n) is 3.34. The van der Waals surface area contributed by atoms with Crippen LogP contribution in [0.5, 0.6) is 0 Å². The molecule has 0 radical (unpaired) electrons. The lowest BCUT2D eigenvalue weighted by Crippen LogP contribution is -2.18. The van der Waals surface area contributed by atoms with E-state index in [1.165, 1.54) is 18.2 Å². The topological polar surface area (TPSA) is 83.6 Å². The molecule has 6 heteroatoms. The molecule has 0 saturated heterocycles. The van der Waals surface area contributed by atoms with Crippen LogP contribution < -0.4 is 0 Å². The molecule has 0 aliphatic carbocycles. The second kappa shape index (κ2) is 5.93. The monoisotopic (exact) mass is 289 g/mol. The van der Waals surface area contributed by atoms with Crippen molar-refractivity contribution < 1.29 is 15.1 Å². The van der Waals surface area contributed by atoms with Crippen LogP contribution in [0.25, 0.3) is 0 Å². The summed E-state index contributed by atoms with van der Waals surface area (Å²) >= 11 is 3.15. The number of halogens is 1. The number of alkyl halides is 1. The first-order valence-corrected chi connectivity index (χ1v) is 5.85. The first kappa shape index (κ1) is 13.1. The van der Waals surface area contributed by atoms with E-state index in [0.717, 1.165) is 0 Å². The van der Waals surface area contributed by atoms with E-state index in [0.29, 0.717) is 17.3 Å². The average Bonchev–Trinajstić information content (AvgIpc) is 2.28. The highest BCUT2D eigenvalue weighted by Gasteiger charge is 2.19. The highest BCUT2D eigenvalue weighted by molar-refractivity contribution is 9.09. The Morgan fingerprint density at radius 2 is 2.12 bits per heavy atom. The number of nitrogens with zero attached hydrogens (tertiary/aromatic N) is 1. The van der Waals surface area contributed by atoms with Gasteiger partial charge in [-0.05, 0) is 12.0 Å². The predicted octanol–water partition coefficient (Wildman–Crippen LogP) is 1.77. The van der Waals surface area contributed by atoms with Crippen LogP contribution in [0.15, 0.2) is 24.3 Å². The van der Waals surface area contributed by atoms with E-state index >= 15 is 0 Å². The molecule has 88 valence electrons. The van der Waals surface area contributed by atoms with Gasteiger partial charge in [0.05, 0.1) is 11.0 Å². The molecule has 0 aliphatic heterocycles. The third-order valence-corrected chi connectivity index (χ3v) is 2.65. The van der Waals surface area contributed by atoms with Gasteiger partial charge in [-0.15, -0.1) is 0 Å². The summed E-state index contributed by atoms with van der Waals surface area (Å²) in [5.74, 6) is 0. The predicted molar refractivity (Wildman–Crippen MR) is 62.5 cm³/mol. The van der Waals surface area contributed by atoms with Gasteiger partial charge in [0.2, 0.25) is 0 Å². The maximum absolute atomic E-state index is 10.5. The van der Waals surface area contributed by atoms with Crippen molar-refractivity contribution in [3.05, 3.63) is 39.9 Å². The van der Waals surface area contributed by atoms with Gasteiger partial charge in [-0.3, -0.25) is 10.1 Å². The number of hydrogen-bond acceptors (Lipinski definition) is 4. The van der Waals surface area contributed by atoms with Crippen molar-refractivity contribution in [3.63, 3.8) is 0 Å². The maximum Gasteiger partial charge on any atom is 0.269 e. The fourth-order valence-corrected chi connectivity index (χ4v) is 1.78. The summed E-state index contributed by atoms with van der Waals surface area (Å²) in [5, 5.41) is 30.4. The molecule has 0 bridgehead atoms. The SMILES string of the molecule is O=[N+]([O-])c1cccc(C(O)C(O)CCBr)c1. The Morgan fingerprint density at radius 3 is 2.69 bits per heavy atom. The molecule has 0 fully saturated rings. The van der Waals surface area contributed by atoms with Crippen LogP contribution in [-0.4, -0.2) is 26.6 Å². The van der Waals surface area contributed by atoms with Crippen molar-refractivity contribution in [2.45, 2.75) is 18.6 Å². The average molecular weight is 290 g/mol. The standard InChI is InChI=1S/C10H12BrNO4/c11-5-4-9(13)10(14)7-2-1-3-8(6-7)12(15)16/h1-3,6,9-10,13-14H,4-5H2. The Kier molecular flexibility index (Phi) is 4.85. The van der Waals surface area contributed by atoms with E-state index in [9.17, 15) is 20.3 Å². The number of nitro groups is 1. The number of rotatable bonds is 5. The summed E-state index contributed by atoms with van der Waals surface area (Å²) in [6.45, 7) is 0. The van der Waals surface area contributed by atoms with Crippen molar-refractivity contribution in [2.24, 2.45) is 0 Å². The van der Waals surface area contributed by atoms with Gasteiger partial charge >= 0.3 is 0 Å². The van der Waals surface area contributed by atoms with E-state index in [4.69, 9.17) is 0 Å². The molecule has 1 aromatic carbocycles. The largest absolute Gasteiger partial charge is 0.390 e. The molecular weight excluding hydrogens is 278 g/mol. The summed E-state index contributed by atoms with van der Waals surface area (Å²) in [5.41, 5.74) is 0.255. The molecule has 0 amide bonds. The minimum absolute atomic E-state index is 0.0948. The van der Waals surface area contributed by atoms with Crippen molar-refractivity contribution in [2.75, 3.05) is 5.33 Å². The fraction of sp³-hybridized carbons (Fsp3) is 0.400. The molecule has 0 heterocycles. The van der Waals surface area contributed by atoms with Gasteiger partial charge in [0, 0.05) is 17.5 Å². The van der Waals surface area contributed by atoms with Crippen molar-refractivity contribution >= 4 is 21.6 Å². The molecule has 0 spiro atoms. The van der Waals surface area contributed by atoms with Gasteiger partial charge in [0.15, 0.2) is 0 Å². The van der Waals surface area contributed by atoms with Gasteiger partial charge < -0.3 is 10.2 Å². The normalized spacial score (nSPS) is 14.4. The van der Waals surface area contributed by atoms with E-state index in [-0.39, 0.29) is 5.69 Å². The number of aliphatic hydroxyl groups is 2. The van der Waals surface area contributed by atoms with Gasteiger partial charge in [-0.25, -0.2) is 0 Å². The van der Waals surface area contributed by atoms with Crippen LogP contribution in [0.1, 0.15) is 18.1 Å². The van der Waals surface area contributed by atoms with Crippen LogP contribution in [0.3, 0.4) is 0 Å². The van der Waals surface area contributed by atoms with Crippen LogP contribution in [0, 0.1) is 10.1 Å². The molecule has 2 atom stereocenters. The molecule has 0 aromatic heterocycles. The molecule has 2 N–H and O–H groups in total. The third kappa shape index (κ3) is 3.26. The minimum Gasteiger partial charge on any atom is -0.390 e. The molecular formula is C10H12BrNO4. The summed E-state index contributed by atoms with van der Waals surface area (Å²) in [6, 6.07) is 5.64.